The van der Waals surface area contributed by atoms with Crippen LogP contribution < -0.4 is 0 Å². The first-order valence-electron chi connectivity index (χ1n) is 25.9. The number of carbonyl (C=O) groups excluding carboxylic acids is 4. The van der Waals surface area contributed by atoms with Gasteiger partial charge in [0.1, 0.15) is 34.5 Å². The van der Waals surface area contributed by atoms with E-state index in [0.29, 0.717) is 102 Å². The average molecular weight is 1070 g/mol. The maximum Gasteiger partial charge on any atom is 0.311 e. The highest BCUT2D eigenvalue weighted by Gasteiger charge is 2.42. The fourth-order valence-corrected chi connectivity index (χ4v) is 9.95. The fraction of sp³-hybridized carbons (Fsp3) is 0.421. The van der Waals surface area contributed by atoms with Crippen molar-refractivity contribution in [3.8, 4) is 22.5 Å². The van der Waals surface area contributed by atoms with Crippen LogP contribution in [0.5, 0.6) is 0 Å². The van der Waals surface area contributed by atoms with Crippen molar-refractivity contribution in [1.29, 1.82) is 0 Å². The van der Waals surface area contributed by atoms with Gasteiger partial charge in [-0.2, -0.15) is 10.2 Å². The Bertz CT molecular complexity index is 3430. The molecule has 6 aromatic heterocycles. The highest BCUT2D eigenvalue weighted by molar-refractivity contribution is 5.96. The number of piperazine rings is 2. The van der Waals surface area contributed by atoms with Crippen molar-refractivity contribution < 1.29 is 32.4 Å². The van der Waals surface area contributed by atoms with Crippen LogP contribution in [0.15, 0.2) is 71.5 Å². The third kappa shape index (κ3) is 10.7. The number of nitrogens with one attached hydrogen (secondary N) is 1. The lowest BCUT2D eigenvalue weighted by Gasteiger charge is -2.46. The smallest absolute Gasteiger partial charge is 0.311 e. The van der Waals surface area contributed by atoms with Crippen molar-refractivity contribution >= 4 is 34.9 Å². The van der Waals surface area contributed by atoms with Gasteiger partial charge in [-0.15, -0.1) is 10.2 Å². The van der Waals surface area contributed by atoms with Crippen LogP contribution in [-0.2, 0) is 10.8 Å². The van der Waals surface area contributed by atoms with Crippen molar-refractivity contribution in [2.45, 2.75) is 119 Å². The van der Waals surface area contributed by atoms with E-state index in [4.69, 9.17) is 19.5 Å². The molecule has 1 N–H and O–H groups in total. The van der Waals surface area contributed by atoms with Crippen molar-refractivity contribution in [3.05, 3.63) is 136 Å². The average Bonchev–Trinajstić information content (AvgIpc) is 4.33. The molecule has 8 heterocycles. The predicted octanol–water partition coefficient (Wildman–Crippen LogP) is 8.76. The summed E-state index contributed by atoms with van der Waals surface area (Å²) in [7, 11) is 0. The van der Waals surface area contributed by atoms with Crippen LogP contribution in [0.1, 0.15) is 145 Å². The first kappa shape index (κ1) is 54.6. The molecule has 78 heavy (non-hydrogen) atoms. The van der Waals surface area contributed by atoms with Crippen LogP contribution in [0.4, 0.5) is 8.78 Å². The molecule has 2 aliphatic rings. The van der Waals surface area contributed by atoms with E-state index in [2.05, 4.69) is 66.8 Å². The van der Waals surface area contributed by atoms with Crippen molar-refractivity contribution in [2.24, 2.45) is 0 Å². The highest BCUT2D eigenvalue weighted by atomic mass is 19.1. The minimum atomic E-state index is -0.680. The van der Waals surface area contributed by atoms with E-state index in [0.717, 1.165) is 11.1 Å². The Morgan fingerprint density at radius 1 is 0.603 bits per heavy atom. The second kappa shape index (κ2) is 20.0. The summed E-state index contributed by atoms with van der Waals surface area (Å²) in [5, 5.41) is 17.0. The number of hydrogen-bond donors (Lipinski definition) is 1. The zero-order valence-electron chi connectivity index (χ0n) is 46.7. The van der Waals surface area contributed by atoms with Gasteiger partial charge < -0.3 is 29.0 Å². The molecule has 0 atom stereocenters. The summed E-state index contributed by atoms with van der Waals surface area (Å²) in [6, 6.07) is 13.9. The number of fused-ring (bicyclic) bond motifs is 2. The molecule has 0 radical (unpaired) electrons. The van der Waals surface area contributed by atoms with Gasteiger partial charge in [0.2, 0.25) is 5.89 Å². The molecule has 0 saturated carbocycles. The lowest BCUT2D eigenvalue weighted by atomic mass is 9.87. The third-order valence-electron chi connectivity index (χ3n) is 14.4. The number of rotatable bonds is 6. The van der Waals surface area contributed by atoms with E-state index in [1.54, 1.807) is 80.9 Å². The predicted molar refractivity (Wildman–Crippen MR) is 288 cm³/mol. The van der Waals surface area contributed by atoms with Crippen LogP contribution in [0.25, 0.3) is 33.8 Å². The molecule has 0 bridgehead atoms. The summed E-state index contributed by atoms with van der Waals surface area (Å²) < 4.78 is 37.2. The Morgan fingerprint density at radius 3 is 1.42 bits per heavy atom. The normalized spacial score (nSPS) is 15.7. The maximum atomic E-state index is 14.4. The van der Waals surface area contributed by atoms with Gasteiger partial charge >= 0.3 is 11.8 Å². The second-order valence-electron chi connectivity index (χ2n) is 23.6. The Hall–Kier alpha value is -8.23. The van der Waals surface area contributed by atoms with Gasteiger partial charge in [-0.1, -0.05) is 65.8 Å². The number of nitrogens with zero attached hydrogens (tertiary/aromatic N) is 13. The first-order valence-corrected chi connectivity index (χ1v) is 25.9. The molecule has 0 unspecified atom stereocenters. The summed E-state index contributed by atoms with van der Waals surface area (Å²) in [6.45, 7) is 29.0. The van der Waals surface area contributed by atoms with Crippen LogP contribution in [0, 0.1) is 39.3 Å². The molecule has 408 valence electrons. The maximum absolute atomic E-state index is 14.4. The zero-order valence-corrected chi connectivity index (χ0v) is 46.7. The summed E-state index contributed by atoms with van der Waals surface area (Å²) in [5.41, 5.74) is 5.60. The van der Waals surface area contributed by atoms with Gasteiger partial charge in [0.25, 0.3) is 17.7 Å². The zero-order chi connectivity index (χ0) is 56.6. The number of carbonyl (C=O) groups is 4. The van der Waals surface area contributed by atoms with Crippen LogP contribution in [-0.4, -0.2) is 143 Å². The largest absolute Gasteiger partial charge is 0.417 e. The molecule has 21 heteroatoms. The van der Waals surface area contributed by atoms with Gasteiger partial charge in [0, 0.05) is 68.4 Å². The third-order valence-corrected chi connectivity index (χ3v) is 14.4. The van der Waals surface area contributed by atoms with E-state index >= 15 is 0 Å². The number of aromatic nitrogens is 10. The minimum absolute atomic E-state index is 0.0616. The molecule has 2 aromatic carbocycles. The van der Waals surface area contributed by atoms with Gasteiger partial charge in [-0.05, 0) is 94.7 Å². The molecule has 4 amide bonds. The molecule has 19 nitrogen and oxygen atoms in total. The highest BCUT2D eigenvalue weighted by Crippen LogP contribution is 2.34. The lowest BCUT2D eigenvalue weighted by molar-refractivity contribution is 0.0150. The first-order chi connectivity index (χ1) is 36.5. The minimum Gasteiger partial charge on any atom is -0.417 e. The molecule has 2 aliphatic heterocycles. The SMILES string of the molecule is Cc1ncc(C(=O)N2CCN(C(=O)c3cn4nc(-c5ccc(C)c(F)c5)cc(C(C)(C)C)c4n3)C(C)(C)C2)[nH]1.Cc1nnc(C(=O)N2CCN(C(=O)c3cn4nc(-c5ccc(C)c(F)c5)cc(C(C)(C)C)c4n3)C(C)(C)C2)o1. The van der Waals surface area contributed by atoms with E-state index in [1.807, 2.05) is 52.0 Å². The monoisotopic (exact) mass is 1060 g/mol. The van der Waals surface area contributed by atoms with Crippen molar-refractivity contribution in [3.63, 3.8) is 0 Å². The number of aryl methyl sites for hydroxylation is 4. The molecular formula is C57H66F2N14O5. The molecular weight excluding hydrogens is 999 g/mol. The van der Waals surface area contributed by atoms with Crippen LogP contribution in [0.2, 0.25) is 0 Å². The molecule has 2 saturated heterocycles. The molecule has 2 fully saturated rings. The summed E-state index contributed by atoms with van der Waals surface area (Å²) in [4.78, 5) is 76.8. The number of H-pyrrole nitrogens is 1. The van der Waals surface area contributed by atoms with Crippen molar-refractivity contribution in [1.82, 2.24) is 69.0 Å². The number of hydrogen-bond acceptors (Lipinski definition) is 12. The number of benzene rings is 2. The van der Waals surface area contributed by atoms with Crippen LogP contribution >= 0.6 is 0 Å². The molecule has 10 rings (SSSR count). The van der Waals surface area contributed by atoms with Gasteiger partial charge in [0.05, 0.1) is 41.1 Å². The topological polar surface area (TPSA) is 209 Å². The van der Waals surface area contributed by atoms with Gasteiger partial charge in [-0.25, -0.2) is 32.8 Å². The van der Waals surface area contributed by atoms with Gasteiger partial charge in [0.15, 0.2) is 11.3 Å². The Labute approximate surface area is 451 Å². The standard InChI is InChI=1S/C29H34FN7O2.C28H32FN7O3/c1-17-8-9-19(12-21(17)30)22-13-20(28(3,4)5)25-33-24(15-37(25)34-22)27(39)36-11-10-35(16-29(36,6)7)26(38)23-14-31-18(2)32-23;1-16-8-9-18(12-20(16)29)21-13-19(27(3,4)5)23-30-22(14-36(23)33-21)25(37)35-11-10-34(15-28(35,6)7)26(38)24-32-31-17(2)39-24/h8-9,12-15H,10-11,16H2,1-7H3,(H,31,32);8-9,12-14H,10-11,15H2,1-7H3. The summed E-state index contributed by atoms with van der Waals surface area (Å²) in [5.74, 6) is -0.641. The van der Waals surface area contributed by atoms with Gasteiger partial charge in [-0.3, -0.25) is 19.2 Å². The second-order valence-corrected chi connectivity index (χ2v) is 23.6. The number of imidazole rings is 3. The van der Waals surface area contributed by atoms with E-state index in [9.17, 15) is 28.0 Å². The summed E-state index contributed by atoms with van der Waals surface area (Å²) in [6.07, 6.45) is 4.80. The Morgan fingerprint density at radius 2 is 1.05 bits per heavy atom. The van der Waals surface area contributed by atoms with Crippen molar-refractivity contribution in [2.75, 3.05) is 39.3 Å². The molecule has 8 aromatic rings. The number of aromatic amines is 1. The molecule has 0 aliphatic carbocycles. The van der Waals surface area contributed by atoms with Crippen LogP contribution in [0.3, 0.4) is 0 Å². The van der Waals surface area contributed by atoms with E-state index in [1.165, 1.54) is 18.3 Å². The van der Waals surface area contributed by atoms with E-state index < -0.39 is 11.1 Å². The number of amides is 4. The quantitative estimate of drug-likeness (QED) is 0.166. The van der Waals surface area contributed by atoms with E-state index in [-0.39, 0.29) is 63.4 Å². The lowest BCUT2D eigenvalue weighted by Crippen LogP contribution is -2.62. The fourth-order valence-electron chi connectivity index (χ4n) is 9.95. The summed E-state index contributed by atoms with van der Waals surface area (Å²) >= 11 is 0. The molecule has 0 spiro atoms. The number of halogens is 2. The Kier molecular flexibility index (Phi) is 14.0. The Balaban J connectivity index is 0.000000190.